The molecule has 1 aromatic carbocycles. The summed E-state index contributed by atoms with van der Waals surface area (Å²) >= 11 is 0. The van der Waals surface area contributed by atoms with Gasteiger partial charge in [0.15, 0.2) is 5.76 Å². The summed E-state index contributed by atoms with van der Waals surface area (Å²) in [5, 5.41) is 0. The van der Waals surface area contributed by atoms with Crippen LogP contribution in [0.4, 0.5) is 0 Å². The highest BCUT2D eigenvalue weighted by Gasteiger charge is 2.14. The maximum absolute atomic E-state index is 10.6. The van der Waals surface area contributed by atoms with E-state index in [1.165, 1.54) is 0 Å². The Morgan fingerprint density at radius 1 is 1.38 bits per heavy atom. The lowest BCUT2D eigenvalue weighted by Crippen LogP contribution is -1.87. The zero-order valence-electron chi connectivity index (χ0n) is 9.06. The Hall–Kier alpha value is -2.10. The molecule has 0 fully saturated rings. The lowest BCUT2D eigenvalue weighted by atomic mass is 10.1. The topological polar surface area (TPSA) is 52.3 Å². The van der Waals surface area contributed by atoms with E-state index in [9.17, 15) is 4.79 Å². The number of hydrogen-bond acceptors (Lipinski definition) is 4. The van der Waals surface area contributed by atoms with Crippen LogP contribution in [-0.2, 0) is 0 Å². The van der Waals surface area contributed by atoms with Crippen molar-refractivity contribution in [1.82, 2.24) is 4.98 Å². The van der Waals surface area contributed by atoms with Crippen molar-refractivity contribution in [3.05, 3.63) is 35.9 Å². The van der Waals surface area contributed by atoms with Gasteiger partial charge in [-0.15, -0.1) is 0 Å². The number of nitrogens with zero attached hydrogens (tertiary/aromatic N) is 1. The van der Waals surface area contributed by atoms with Gasteiger partial charge in [0.05, 0.1) is 18.4 Å². The van der Waals surface area contributed by atoms with Crippen LogP contribution < -0.4 is 4.74 Å². The van der Waals surface area contributed by atoms with Gasteiger partial charge in [-0.3, -0.25) is 4.79 Å². The van der Waals surface area contributed by atoms with Crippen LogP contribution in [0.1, 0.15) is 16.4 Å². The van der Waals surface area contributed by atoms with Crippen LogP contribution in [0.15, 0.2) is 28.7 Å². The summed E-state index contributed by atoms with van der Waals surface area (Å²) in [5.41, 5.74) is 1.47. The molecule has 2 aromatic rings. The lowest BCUT2D eigenvalue weighted by Gasteiger charge is -2.05. The van der Waals surface area contributed by atoms with Crippen molar-refractivity contribution in [2.45, 2.75) is 6.92 Å². The van der Waals surface area contributed by atoms with E-state index >= 15 is 0 Å². The number of para-hydroxylation sites is 1. The molecular formula is C12H11NO3. The SMILES string of the molecule is COc1ccccc1-c1oc(C=O)nc1C. The Bertz CT molecular complexity index is 517. The van der Waals surface area contributed by atoms with Crippen molar-refractivity contribution in [1.29, 1.82) is 0 Å². The number of oxazole rings is 1. The molecule has 4 nitrogen and oxygen atoms in total. The van der Waals surface area contributed by atoms with E-state index in [-0.39, 0.29) is 5.89 Å². The molecule has 82 valence electrons. The number of aryl methyl sites for hydroxylation is 1. The molecular weight excluding hydrogens is 206 g/mol. The van der Waals surface area contributed by atoms with Crippen LogP contribution in [-0.4, -0.2) is 18.4 Å². The summed E-state index contributed by atoms with van der Waals surface area (Å²) in [6.07, 6.45) is 0.589. The fourth-order valence-corrected chi connectivity index (χ4v) is 1.55. The van der Waals surface area contributed by atoms with E-state index in [0.29, 0.717) is 23.5 Å². The first-order chi connectivity index (χ1) is 7.76. The second kappa shape index (κ2) is 4.18. The van der Waals surface area contributed by atoms with E-state index in [2.05, 4.69) is 4.98 Å². The van der Waals surface area contributed by atoms with Crippen LogP contribution in [0.5, 0.6) is 5.75 Å². The summed E-state index contributed by atoms with van der Waals surface area (Å²) in [4.78, 5) is 14.6. The van der Waals surface area contributed by atoms with Gasteiger partial charge >= 0.3 is 0 Å². The van der Waals surface area contributed by atoms with E-state index in [4.69, 9.17) is 9.15 Å². The number of carbonyl (C=O) groups is 1. The fraction of sp³-hybridized carbons (Fsp3) is 0.167. The molecule has 16 heavy (non-hydrogen) atoms. The number of hydrogen-bond donors (Lipinski definition) is 0. The van der Waals surface area contributed by atoms with E-state index in [1.807, 2.05) is 24.3 Å². The summed E-state index contributed by atoms with van der Waals surface area (Å²) in [7, 11) is 1.59. The van der Waals surface area contributed by atoms with Gasteiger partial charge in [0, 0.05) is 0 Å². The smallest absolute Gasteiger partial charge is 0.260 e. The average Bonchev–Trinajstić information content (AvgIpc) is 2.70. The Labute approximate surface area is 92.9 Å². The maximum Gasteiger partial charge on any atom is 0.260 e. The molecule has 0 bridgehead atoms. The van der Waals surface area contributed by atoms with Crippen LogP contribution in [0.2, 0.25) is 0 Å². The molecule has 0 spiro atoms. The number of ether oxygens (including phenoxy) is 1. The zero-order chi connectivity index (χ0) is 11.5. The summed E-state index contributed by atoms with van der Waals surface area (Å²) in [6, 6.07) is 7.44. The number of benzene rings is 1. The fourth-order valence-electron chi connectivity index (χ4n) is 1.55. The van der Waals surface area contributed by atoms with Gasteiger partial charge in [-0.2, -0.15) is 0 Å². The Kier molecular flexibility index (Phi) is 2.72. The molecule has 0 saturated heterocycles. The van der Waals surface area contributed by atoms with Crippen LogP contribution in [0.3, 0.4) is 0 Å². The molecule has 0 amide bonds. The highest BCUT2D eigenvalue weighted by atomic mass is 16.5. The van der Waals surface area contributed by atoms with Crippen molar-refractivity contribution in [2.75, 3.05) is 7.11 Å². The number of methoxy groups -OCH3 is 1. The number of rotatable bonds is 3. The molecule has 0 radical (unpaired) electrons. The van der Waals surface area contributed by atoms with Gasteiger partial charge in [-0.1, -0.05) is 12.1 Å². The molecule has 1 heterocycles. The van der Waals surface area contributed by atoms with Gasteiger partial charge in [-0.05, 0) is 19.1 Å². The third kappa shape index (κ3) is 1.69. The third-order valence-electron chi connectivity index (χ3n) is 2.27. The minimum absolute atomic E-state index is 0.0819. The van der Waals surface area contributed by atoms with Crippen LogP contribution in [0.25, 0.3) is 11.3 Å². The predicted octanol–water partition coefficient (Wildman–Crippen LogP) is 2.47. The predicted molar refractivity (Wildman–Crippen MR) is 58.6 cm³/mol. The normalized spacial score (nSPS) is 10.1. The molecule has 0 saturated carbocycles. The molecule has 0 aliphatic carbocycles. The Morgan fingerprint density at radius 2 is 2.12 bits per heavy atom. The van der Waals surface area contributed by atoms with Crippen molar-refractivity contribution in [3.8, 4) is 17.1 Å². The minimum atomic E-state index is 0.0819. The van der Waals surface area contributed by atoms with Crippen molar-refractivity contribution >= 4 is 6.29 Å². The number of aldehydes is 1. The maximum atomic E-state index is 10.6. The average molecular weight is 217 g/mol. The minimum Gasteiger partial charge on any atom is -0.496 e. The van der Waals surface area contributed by atoms with Crippen LogP contribution >= 0.6 is 0 Å². The van der Waals surface area contributed by atoms with Gasteiger partial charge in [0.2, 0.25) is 6.29 Å². The molecule has 0 aliphatic heterocycles. The van der Waals surface area contributed by atoms with Crippen LogP contribution in [0, 0.1) is 6.92 Å². The van der Waals surface area contributed by atoms with Gasteiger partial charge in [0.1, 0.15) is 5.75 Å². The standard InChI is InChI=1S/C12H11NO3/c1-8-12(16-11(7-14)13-8)9-5-3-4-6-10(9)15-2/h3-7H,1-2H3. The van der Waals surface area contributed by atoms with E-state index in [0.717, 1.165) is 5.56 Å². The summed E-state index contributed by atoms with van der Waals surface area (Å²) in [6.45, 7) is 1.79. The summed E-state index contributed by atoms with van der Waals surface area (Å²) in [5.74, 6) is 1.34. The van der Waals surface area contributed by atoms with Crippen molar-refractivity contribution < 1.29 is 13.9 Å². The van der Waals surface area contributed by atoms with Gasteiger partial charge in [0.25, 0.3) is 5.89 Å². The first kappa shape index (κ1) is 10.4. The second-order valence-corrected chi connectivity index (χ2v) is 3.28. The van der Waals surface area contributed by atoms with Crippen molar-refractivity contribution in [2.24, 2.45) is 0 Å². The molecule has 0 atom stereocenters. The zero-order valence-corrected chi connectivity index (χ0v) is 9.06. The quantitative estimate of drug-likeness (QED) is 0.741. The monoisotopic (exact) mass is 217 g/mol. The molecule has 2 rings (SSSR count). The first-order valence-electron chi connectivity index (χ1n) is 4.82. The van der Waals surface area contributed by atoms with Crippen molar-refractivity contribution in [3.63, 3.8) is 0 Å². The second-order valence-electron chi connectivity index (χ2n) is 3.28. The molecule has 4 heteroatoms. The highest BCUT2D eigenvalue weighted by molar-refractivity contribution is 5.72. The highest BCUT2D eigenvalue weighted by Crippen LogP contribution is 2.32. The molecule has 0 aliphatic rings. The molecule has 0 N–H and O–H groups in total. The molecule has 0 unspecified atom stereocenters. The Morgan fingerprint density at radius 3 is 2.75 bits per heavy atom. The van der Waals surface area contributed by atoms with E-state index in [1.54, 1.807) is 14.0 Å². The first-order valence-corrected chi connectivity index (χ1v) is 4.82. The largest absolute Gasteiger partial charge is 0.496 e. The Balaban J connectivity index is 2.57. The number of carbonyl (C=O) groups excluding carboxylic acids is 1. The van der Waals surface area contributed by atoms with Gasteiger partial charge < -0.3 is 9.15 Å². The molecule has 1 aromatic heterocycles. The third-order valence-corrected chi connectivity index (χ3v) is 2.27. The summed E-state index contributed by atoms with van der Waals surface area (Å²) < 4.78 is 10.6. The number of aromatic nitrogens is 1. The van der Waals surface area contributed by atoms with Gasteiger partial charge in [-0.25, -0.2) is 4.98 Å². The lowest BCUT2D eigenvalue weighted by molar-refractivity contribution is 0.109. The van der Waals surface area contributed by atoms with E-state index < -0.39 is 0 Å².